The fraction of sp³-hybridized carbons (Fsp3) is 0.133. The van der Waals surface area contributed by atoms with Gasteiger partial charge in [0.1, 0.15) is 11.6 Å². The van der Waals surface area contributed by atoms with Gasteiger partial charge in [-0.15, -0.1) is 12.6 Å². The van der Waals surface area contributed by atoms with E-state index in [0.717, 1.165) is 5.56 Å². The lowest BCUT2D eigenvalue weighted by Gasteiger charge is -2.07. The summed E-state index contributed by atoms with van der Waals surface area (Å²) >= 11 is 4.08. The minimum absolute atomic E-state index is 0.0109. The van der Waals surface area contributed by atoms with Crippen molar-refractivity contribution in [3.8, 4) is 5.75 Å². The van der Waals surface area contributed by atoms with Crippen molar-refractivity contribution in [3.05, 3.63) is 59.4 Å². The van der Waals surface area contributed by atoms with Gasteiger partial charge in [-0.05, 0) is 42.3 Å². The molecule has 0 aromatic heterocycles. The number of phenols is 1. The number of rotatable bonds is 4. The van der Waals surface area contributed by atoms with Gasteiger partial charge in [-0.2, -0.15) is 0 Å². The first-order chi connectivity index (χ1) is 9.56. The van der Waals surface area contributed by atoms with E-state index in [1.165, 1.54) is 18.2 Å². The quantitative estimate of drug-likeness (QED) is 0.759. The third kappa shape index (κ3) is 3.74. The van der Waals surface area contributed by atoms with Crippen molar-refractivity contribution in [3.63, 3.8) is 0 Å². The highest BCUT2D eigenvalue weighted by Crippen LogP contribution is 2.13. The second-order valence-electron chi connectivity index (χ2n) is 4.34. The fourth-order valence-corrected chi connectivity index (χ4v) is 1.97. The molecule has 3 nitrogen and oxygen atoms in total. The number of amides is 1. The Labute approximate surface area is 121 Å². The molecule has 0 radical (unpaired) electrons. The Kier molecular flexibility index (Phi) is 4.63. The van der Waals surface area contributed by atoms with Crippen LogP contribution in [0.2, 0.25) is 0 Å². The van der Waals surface area contributed by atoms with Gasteiger partial charge in [-0.25, -0.2) is 4.39 Å². The predicted octanol–water partition coefficient (Wildman–Crippen LogP) is 2.79. The maximum Gasteiger partial charge on any atom is 0.254 e. The molecule has 20 heavy (non-hydrogen) atoms. The SMILES string of the molecule is O=C(NCCc1ccc(O)cc1)c1cc(S)ccc1F. The monoisotopic (exact) mass is 291 g/mol. The van der Waals surface area contributed by atoms with E-state index >= 15 is 0 Å². The van der Waals surface area contributed by atoms with Crippen molar-refractivity contribution >= 4 is 18.5 Å². The minimum atomic E-state index is -0.565. The van der Waals surface area contributed by atoms with E-state index in [1.807, 2.05) is 0 Å². The first-order valence-electron chi connectivity index (χ1n) is 6.11. The molecule has 5 heteroatoms. The number of hydrogen-bond donors (Lipinski definition) is 3. The zero-order valence-electron chi connectivity index (χ0n) is 10.6. The van der Waals surface area contributed by atoms with Gasteiger partial charge in [0.2, 0.25) is 0 Å². The Morgan fingerprint density at radius 2 is 1.90 bits per heavy atom. The van der Waals surface area contributed by atoms with Gasteiger partial charge in [-0.3, -0.25) is 4.79 Å². The van der Waals surface area contributed by atoms with Crippen molar-refractivity contribution in [1.82, 2.24) is 5.32 Å². The number of aromatic hydroxyl groups is 1. The summed E-state index contributed by atoms with van der Waals surface area (Å²) in [5.41, 5.74) is 0.967. The van der Waals surface area contributed by atoms with Gasteiger partial charge in [0.25, 0.3) is 5.91 Å². The van der Waals surface area contributed by atoms with E-state index in [1.54, 1.807) is 24.3 Å². The van der Waals surface area contributed by atoms with Crippen molar-refractivity contribution in [1.29, 1.82) is 0 Å². The molecule has 2 N–H and O–H groups in total. The summed E-state index contributed by atoms with van der Waals surface area (Å²) in [6.07, 6.45) is 0.605. The lowest BCUT2D eigenvalue weighted by Crippen LogP contribution is -2.26. The summed E-state index contributed by atoms with van der Waals surface area (Å²) in [5.74, 6) is -0.826. The molecule has 2 aromatic rings. The molecule has 0 heterocycles. The Bertz CT molecular complexity index is 614. The highest BCUT2D eigenvalue weighted by Gasteiger charge is 2.11. The summed E-state index contributed by atoms with van der Waals surface area (Å²) in [6.45, 7) is 0.389. The van der Waals surface area contributed by atoms with Crippen LogP contribution in [0.5, 0.6) is 5.75 Å². The topological polar surface area (TPSA) is 49.3 Å². The summed E-state index contributed by atoms with van der Waals surface area (Å²) in [7, 11) is 0. The molecule has 104 valence electrons. The van der Waals surface area contributed by atoms with E-state index in [2.05, 4.69) is 17.9 Å². The molecule has 0 bridgehead atoms. The first kappa shape index (κ1) is 14.4. The van der Waals surface area contributed by atoms with Crippen LogP contribution in [0, 0.1) is 5.82 Å². The Balaban J connectivity index is 1.92. The van der Waals surface area contributed by atoms with Crippen molar-refractivity contribution in [2.24, 2.45) is 0 Å². The zero-order chi connectivity index (χ0) is 14.5. The Morgan fingerprint density at radius 1 is 1.20 bits per heavy atom. The predicted molar refractivity (Wildman–Crippen MR) is 77.8 cm³/mol. The van der Waals surface area contributed by atoms with Crippen LogP contribution in [0.3, 0.4) is 0 Å². The standard InChI is InChI=1S/C15H14FNO2S/c16-14-6-5-12(20)9-13(14)15(19)17-8-7-10-1-3-11(18)4-2-10/h1-6,9,18,20H,7-8H2,(H,17,19). The van der Waals surface area contributed by atoms with Crippen LogP contribution >= 0.6 is 12.6 Å². The van der Waals surface area contributed by atoms with Gasteiger partial charge >= 0.3 is 0 Å². The average molecular weight is 291 g/mol. The second-order valence-corrected chi connectivity index (χ2v) is 4.85. The van der Waals surface area contributed by atoms with Crippen LogP contribution in [0.25, 0.3) is 0 Å². The molecule has 0 saturated heterocycles. The highest BCUT2D eigenvalue weighted by atomic mass is 32.1. The second kappa shape index (κ2) is 6.43. The largest absolute Gasteiger partial charge is 0.508 e. The van der Waals surface area contributed by atoms with Crippen LogP contribution < -0.4 is 5.32 Å². The third-order valence-electron chi connectivity index (χ3n) is 2.83. The molecule has 0 fully saturated rings. The number of hydrogen-bond acceptors (Lipinski definition) is 3. The van der Waals surface area contributed by atoms with Gasteiger partial charge in [0.05, 0.1) is 5.56 Å². The maximum atomic E-state index is 13.5. The number of phenolic OH excluding ortho intramolecular Hbond substituents is 1. The number of carbonyl (C=O) groups excluding carboxylic acids is 1. The average Bonchev–Trinajstić information content (AvgIpc) is 2.43. The lowest BCUT2D eigenvalue weighted by atomic mass is 10.1. The molecule has 2 rings (SSSR count). The Morgan fingerprint density at radius 3 is 2.60 bits per heavy atom. The van der Waals surface area contributed by atoms with Crippen LogP contribution in [0.1, 0.15) is 15.9 Å². The first-order valence-corrected chi connectivity index (χ1v) is 6.55. The molecular formula is C15H14FNO2S. The van der Waals surface area contributed by atoms with E-state index in [-0.39, 0.29) is 11.3 Å². The summed E-state index contributed by atoms with van der Waals surface area (Å²) < 4.78 is 13.5. The minimum Gasteiger partial charge on any atom is -0.508 e. The third-order valence-corrected chi connectivity index (χ3v) is 3.11. The number of halogens is 1. The number of nitrogens with one attached hydrogen (secondary N) is 1. The molecule has 1 amide bonds. The molecule has 0 saturated carbocycles. The smallest absolute Gasteiger partial charge is 0.254 e. The lowest BCUT2D eigenvalue weighted by molar-refractivity contribution is 0.0950. The number of carbonyl (C=O) groups is 1. The van der Waals surface area contributed by atoms with Crippen LogP contribution in [0.15, 0.2) is 47.4 Å². The van der Waals surface area contributed by atoms with Gasteiger partial charge in [0.15, 0.2) is 0 Å². The maximum absolute atomic E-state index is 13.5. The normalized spacial score (nSPS) is 10.3. The fourth-order valence-electron chi connectivity index (χ4n) is 1.77. The molecule has 2 aromatic carbocycles. The van der Waals surface area contributed by atoms with Crippen LogP contribution in [0.4, 0.5) is 4.39 Å². The summed E-state index contributed by atoms with van der Waals surface area (Å²) in [4.78, 5) is 12.4. The number of thiol groups is 1. The van der Waals surface area contributed by atoms with Crippen LogP contribution in [-0.2, 0) is 6.42 Å². The summed E-state index contributed by atoms with van der Waals surface area (Å²) in [6, 6.07) is 10.8. The molecule has 0 unspecified atom stereocenters. The van der Waals surface area contributed by atoms with E-state index in [4.69, 9.17) is 5.11 Å². The number of benzene rings is 2. The van der Waals surface area contributed by atoms with E-state index < -0.39 is 11.7 Å². The molecule has 0 aliphatic heterocycles. The summed E-state index contributed by atoms with van der Waals surface area (Å²) in [5, 5.41) is 11.8. The van der Waals surface area contributed by atoms with Crippen molar-refractivity contribution in [2.75, 3.05) is 6.54 Å². The van der Waals surface area contributed by atoms with Gasteiger partial charge < -0.3 is 10.4 Å². The van der Waals surface area contributed by atoms with Crippen molar-refractivity contribution < 1.29 is 14.3 Å². The Hall–Kier alpha value is -2.01. The zero-order valence-corrected chi connectivity index (χ0v) is 11.5. The van der Waals surface area contributed by atoms with Crippen LogP contribution in [-0.4, -0.2) is 17.6 Å². The van der Waals surface area contributed by atoms with E-state index in [9.17, 15) is 9.18 Å². The van der Waals surface area contributed by atoms with Gasteiger partial charge in [-0.1, -0.05) is 12.1 Å². The van der Waals surface area contributed by atoms with Crippen molar-refractivity contribution in [2.45, 2.75) is 11.3 Å². The van der Waals surface area contributed by atoms with E-state index in [0.29, 0.717) is 17.9 Å². The highest BCUT2D eigenvalue weighted by molar-refractivity contribution is 7.80. The molecule has 0 spiro atoms. The molecule has 0 atom stereocenters. The molecule has 0 aliphatic rings. The molecular weight excluding hydrogens is 277 g/mol. The molecule has 0 aliphatic carbocycles. The van der Waals surface area contributed by atoms with Gasteiger partial charge in [0, 0.05) is 11.4 Å².